The summed E-state index contributed by atoms with van der Waals surface area (Å²) in [7, 11) is -1.95. The van der Waals surface area contributed by atoms with E-state index < -0.39 is 9.84 Å². The molecule has 1 aromatic heterocycles. The topological polar surface area (TPSA) is 75.0 Å². The van der Waals surface area contributed by atoms with Crippen molar-refractivity contribution >= 4 is 33.1 Å². The summed E-state index contributed by atoms with van der Waals surface area (Å²) in [6.07, 6.45) is 1.13. The standard InChI is InChI=1S/C9H10N2O3S2/c1-14-6-4-3-5-7(11-9(15)10-5)8(6)16(2,12)13/h3-4H,1-2H3,(H2,10,11,15). The van der Waals surface area contributed by atoms with Crippen molar-refractivity contribution in [3.8, 4) is 5.75 Å². The predicted molar refractivity (Wildman–Crippen MR) is 63.1 cm³/mol. The molecule has 2 rings (SSSR count). The molecule has 5 nitrogen and oxygen atoms in total. The molecular formula is C9H10N2O3S2. The zero-order chi connectivity index (χ0) is 11.9. The van der Waals surface area contributed by atoms with E-state index in [0.717, 1.165) is 6.26 Å². The summed E-state index contributed by atoms with van der Waals surface area (Å²) in [5, 5.41) is 0. The van der Waals surface area contributed by atoms with Gasteiger partial charge in [-0.1, -0.05) is 0 Å². The lowest BCUT2D eigenvalue weighted by Crippen LogP contribution is -2.01. The maximum absolute atomic E-state index is 11.7. The summed E-state index contributed by atoms with van der Waals surface area (Å²) < 4.78 is 28.8. The summed E-state index contributed by atoms with van der Waals surface area (Å²) in [6.45, 7) is 0. The van der Waals surface area contributed by atoms with Crippen LogP contribution in [0.3, 0.4) is 0 Å². The summed E-state index contributed by atoms with van der Waals surface area (Å²) in [6, 6.07) is 3.31. The normalized spacial score (nSPS) is 11.9. The van der Waals surface area contributed by atoms with Gasteiger partial charge in [0.25, 0.3) is 0 Å². The van der Waals surface area contributed by atoms with Crippen molar-refractivity contribution in [1.82, 2.24) is 9.97 Å². The summed E-state index contributed by atoms with van der Waals surface area (Å²) >= 11 is 4.93. The number of imidazole rings is 1. The average molecular weight is 258 g/mol. The molecule has 0 aliphatic rings. The molecule has 2 aromatic rings. The third kappa shape index (κ3) is 1.72. The first-order chi connectivity index (χ1) is 7.43. The van der Waals surface area contributed by atoms with E-state index >= 15 is 0 Å². The first-order valence-electron chi connectivity index (χ1n) is 4.42. The smallest absolute Gasteiger partial charge is 0.181 e. The van der Waals surface area contributed by atoms with Gasteiger partial charge in [-0.05, 0) is 24.4 Å². The Bertz CT molecular complexity index is 697. The van der Waals surface area contributed by atoms with Crippen LogP contribution in [0.25, 0.3) is 11.0 Å². The van der Waals surface area contributed by atoms with Crippen LogP contribution in [0.5, 0.6) is 5.75 Å². The molecule has 2 N–H and O–H groups in total. The fourth-order valence-electron chi connectivity index (χ4n) is 1.59. The van der Waals surface area contributed by atoms with Gasteiger partial charge in [0.2, 0.25) is 0 Å². The van der Waals surface area contributed by atoms with Crippen LogP contribution in [0, 0.1) is 4.77 Å². The minimum atomic E-state index is -3.38. The highest BCUT2D eigenvalue weighted by atomic mass is 32.2. The van der Waals surface area contributed by atoms with E-state index in [-0.39, 0.29) is 4.90 Å². The molecule has 0 atom stereocenters. The van der Waals surface area contributed by atoms with E-state index in [1.807, 2.05) is 0 Å². The van der Waals surface area contributed by atoms with E-state index in [1.165, 1.54) is 7.11 Å². The van der Waals surface area contributed by atoms with Crippen molar-refractivity contribution in [2.24, 2.45) is 0 Å². The zero-order valence-corrected chi connectivity index (χ0v) is 10.3. The highest BCUT2D eigenvalue weighted by Gasteiger charge is 2.19. The fourth-order valence-corrected chi connectivity index (χ4v) is 2.85. The molecule has 0 amide bonds. The molecule has 0 fully saturated rings. The molecule has 1 heterocycles. The van der Waals surface area contributed by atoms with Crippen molar-refractivity contribution in [2.75, 3.05) is 13.4 Å². The second kappa shape index (κ2) is 3.60. The number of H-pyrrole nitrogens is 2. The van der Waals surface area contributed by atoms with E-state index in [1.54, 1.807) is 12.1 Å². The molecule has 0 spiro atoms. The lowest BCUT2D eigenvalue weighted by molar-refractivity contribution is 0.404. The molecule has 16 heavy (non-hydrogen) atoms. The molecule has 86 valence electrons. The van der Waals surface area contributed by atoms with Crippen LogP contribution >= 0.6 is 12.2 Å². The number of rotatable bonds is 2. The molecule has 0 unspecified atom stereocenters. The van der Waals surface area contributed by atoms with Crippen LogP contribution in [-0.2, 0) is 9.84 Å². The monoisotopic (exact) mass is 258 g/mol. The number of hydrogen-bond acceptors (Lipinski definition) is 4. The highest BCUT2D eigenvalue weighted by molar-refractivity contribution is 7.91. The zero-order valence-electron chi connectivity index (χ0n) is 8.70. The quantitative estimate of drug-likeness (QED) is 0.803. The first kappa shape index (κ1) is 11.2. The highest BCUT2D eigenvalue weighted by Crippen LogP contribution is 2.30. The Morgan fingerprint density at radius 3 is 2.56 bits per heavy atom. The molecule has 1 aromatic carbocycles. The number of methoxy groups -OCH3 is 1. The van der Waals surface area contributed by atoms with Crippen LogP contribution in [0.1, 0.15) is 0 Å². The molecular weight excluding hydrogens is 248 g/mol. The van der Waals surface area contributed by atoms with Gasteiger partial charge in [0.05, 0.1) is 18.1 Å². The first-order valence-corrected chi connectivity index (χ1v) is 6.72. The van der Waals surface area contributed by atoms with Crippen LogP contribution in [0.15, 0.2) is 17.0 Å². The molecule has 0 radical (unpaired) electrons. The van der Waals surface area contributed by atoms with Gasteiger partial charge in [0.1, 0.15) is 10.6 Å². The number of nitrogens with one attached hydrogen (secondary N) is 2. The maximum Gasteiger partial charge on any atom is 0.181 e. The number of aromatic nitrogens is 2. The third-order valence-corrected chi connectivity index (χ3v) is 3.55. The van der Waals surface area contributed by atoms with Gasteiger partial charge in [0.15, 0.2) is 14.6 Å². The van der Waals surface area contributed by atoms with E-state index in [0.29, 0.717) is 21.6 Å². The van der Waals surface area contributed by atoms with Gasteiger partial charge < -0.3 is 14.7 Å². The second-order valence-corrected chi connectivity index (χ2v) is 5.73. The summed E-state index contributed by atoms with van der Waals surface area (Å²) in [5.41, 5.74) is 1.10. The number of aromatic amines is 2. The molecule has 7 heteroatoms. The lowest BCUT2D eigenvalue weighted by Gasteiger charge is -2.07. The average Bonchev–Trinajstić information content (AvgIpc) is 2.54. The van der Waals surface area contributed by atoms with Gasteiger partial charge in [-0.2, -0.15) is 0 Å². The Balaban J connectivity index is 3.00. The Morgan fingerprint density at radius 1 is 1.31 bits per heavy atom. The van der Waals surface area contributed by atoms with Crippen LogP contribution in [0.2, 0.25) is 0 Å². The minimum Gasteiger partial charge on any atom is -0.495 e. The van der Waals surface area contributed by atoms with Crippen LogP contribution in [-0.4, -0.2) is 31.8 Å². The lowest BCUT2D eigenvalue weighted by atomic mass is 10.3. The number of benzene rings is 1. The predicted octanol–water partition coefficient (Wildman–Crippen LogP) is 1.64. The van der Waals surface area contributed by atoms with Crippen molar-refractivity contribution in [3.05, 3.63) is 16.9 Å². The second-order valence-electron chi connectivity index (χ2n) is 3.37. The summed E-state index contributed by atoms with van der Waals surface area (Å²) in [4.78, 5) is 5.79. The Morgan fingerprint density at radius 2 is 2.00 bits per heavy atom. The molecule has 0 bridgehead atoms. The van der Waals surface area contributed by atoms with Crippen LogP contribution < -0.4 is 4.74 Å². The van der Waals surface area contributed by atoms with Crippen molar-refractivity contribution < 1.29 is 13.2 Å². The minimum absolute atomic E-state index is 0.125. The summed E-state index contributed by atoms with van der Waals surface area (Å²) in [5.74, 6) is 0.306. The molecule has 0 saturated carbocycles. The van der Waals surface area contributed by atoms with Gasteiger partial charge in [-0.25, -0.2) is 8.42 Å². The SMILES string of the molecule is COc1ccc2[nH]c(=S)[nH]c2c1S(C)(=O)=O. The Kier molecular flexibility index (Phi) is 2.51. The maximum atomic E-state index is 11.7. The fraction of sp³-hybridized carbons (Fsp3) is 0.222. The van der Waals surface area contributed by atoms with Crippen LogP contribution in [0.4, 0.5) is 0 Å². The Labute approximate surface area is 97.4 Å². The molecule has 0 aliphatic heterocycles. The van der Waals surface area contributed by atoms with E-state index in [9.17, 15) is 8.42 Å². The number of fused-ring (bicyclic) bond motifs is 1. The number of hydrogen-bond donors (Lipinski definition) is 2. The van der Waals surface area contributed by atoms with Crippen molar-refractivity contribution in [2.45, 2.75) is 4.90 Å². The number of sulfone groups is 1. The Hall–Kier alpha value is -1.34. The van der Waals surface area contributed by atoms with E-state index in [4.69, 9.17) is 17.0 Å². The third-order valence-electron chi connectivity index (χ3n) is 2.20. The van der Waals surface area contributed by atoms with Crippen molar-refractivity contribution in [3.63, 3.8) is 0 Å². The van der Waals surface area contributed by atoms with Gasteiger partial charge >= 0.3 is 0 Å². The van der Waals surface area contributed by atoms with Gasteiger partial charge in [-0.3, -0.25) is 0 Å². The van der Waals surface area contributed by atoms with E-state index in [2.05, 4.69) is 9.97 Å². The molecule has 0 aliphatic carbocycles. The molecule has 0 saturated heterocycles. The van der Waals surface area contributed by atoms with Crippen molar-refractivity contribution in [1.29, 1.82) is 0 Å². The largest absolute Gasteiger partial charge is 0.495 e. The van der Waals surface area contributed by atoms with Gasteiger partial charge in [-0.15, -0.1) is 0 Å². The van der Waals surface area contributed by atoms with Gasteiger partial charge in [0, 0.05) is 6.26 Å². The number of ether oxygens (including phenoxy) is 1.